The molecular weight excluding hydrogens is 526 g/mol. The van der Waals surface area contributed by atoms with Gasteiger partial charge < -0.3 is 24.3 Å². The molecule has 4 rings (SSSR count). The average molecular weight is 562 g/mol. The lowest BCUT2D eigenvalue weighted by Crippen LogP contribution is -2.46. The number of carbonyl (C=O) groups is 2. The maximum Gasteiger partial charge on any atom is 0.260 e. The highest BCUT2D eigenvalue weighted by atomic mass is 35.5. The van der Waals surface area contributed by atoms with Gasteiger partial charge in [-0.2, -0.15) is 0 Å². The van der Waals surface area contributed by atoms with Gasteiger partial charge in [-0.05, 0) is 65.9 Å². The molecule has 0 spiro atoms. The van der Waals surface area contributed by atoms with Gasteiger partial charge in [0.05, 0.1) is 13.7 Å². The summed E-state index contributed by atoms with van der Waals surface area (Å²) in [6.45, 7) is 5.26. The number of methoxy groups -OCH3 is 1. The van der Waals surface area contributed by atoms with Gasteiger partial charge in [0.25, 0.3) is 5.91 Å². The van der Waals surface area contributed by atoms with E-state index in [1.807, 2.05) is 67.4 Å². The minimum absolute atomic E-state index is 0.0228. The maximum atomic E-state index is 13.7. The number of rotatable bonds is 13. The van der Waals surface area contributed by atoms with Gasteiger partial charge in [0.2, 0.25) is 5.91 Å². The topological polar surface area (TPSA) is 74.9 Å². The third kappa shape index (κ3) is 8.02. The van der Waals surface area contributed by atoms with Crippen LogP contribution in [0, 0.1) is 5.92 Å². The summed E-state index contributed by atoms with van der Waals surface area (Å²) in [6.07, 6.45) is 2.69. The molecule has 40 heavy (non-hydrogen) atoms. The van der Waals surface area contributed by atoms with Crippen molar-refractivity contribution in [1.82, 2.24) is 14.8 Å². The number of ether oxygens (including phenoxy) is 2. The third-order valence-electron chi connectivity index (χ3n) is 6.65. The first-order valence-corrected chi connectivity index (χ1v) is 13.8. The molecule has 0 atom stereocenters. The molecule has 0 fully saturated rings. The smallest absolute Gasteiger partial charge is 0.260 e. The lowest BCUT2D eigenvalue weighted by molar-refractivity contribution is -0.142. The molecule has 3 aromatic carbocycles. The molecule has 0 saturated heterocycles. The molecule has 1 heterocycles. The van der Waals surface area contributed by atoms with Crippen LogP contribution in [0.3, 0.4) is 0 Å². The Labute approximate surface area is 240 Å². The Hall–Kier alpha value is -3.97. The first kappa shape index (κ1) is 29.0. The van der Waals surface area contributed by atoms with Crippen LogP contribution in [0.4, 0.5) is 0 Å². The fourth-order valence-electron chi connectivity index (χ4n) is 4.56. The minimum Gasteiger partial charge on any atom is -0.497 e. The Morgan fingerprint density at radius 1 is 0.900 bits per heavy atom. The summed E-state index contributed by atoms with van der Waals surface area (Å²) in [6, 6.07) is 22.7. The second-order valence-corrected chi connectivity index (χ2v) is 10.6. The quantitative estimate of drug-likeness (QED) is 0.218. The molecule has 0 aliphatic carbocycles. The zero-order valence-corrected chi connectivity index (χ0v) is 24.0. The highest BCUT2D eigenvalue weighted by Gasteiger charge is 2.23. The van der Waals surface area contributed by atoms with Gasteiger partial charge in [-0.1, -0.05) is 55.8 Å². The Morgan fingerprint density at radius 2 is 1.60 bits per heavy atom. The molecular formula is C32H36ClN3O4. The SMILES string of the molecule is COc1ccc(CN(CCc2c[nH]c3ccccc23)C(=O)CN(CC(C)C)C(=O)COc2ccc(Cl)cc2)cc1. The van der Waals surface area contributed by atoms with E-state index < -0.39 is 0 Å². The molecule has 0 bridgehead atoms. The van der Waals surface area contributed by atoms with Crippen molar-refractivity contribution in [2.75, 3.05) is 33.4 Å². The molecule has 0 unspecified atom stereocenters. The lowest BCUT2D eigenvalue weighted by Gasteiger charge is -2.29. The van der Waals surface area contributed by atoms with Gasteiger partial charge >= 0.3 is 0 Å². The van der Waals surface area contributed by atoms with Crippen molar-refractivity contribution in [3.63, 3.8) is 0 Å². The van der Waals surface area contributed by atoms with E-state index in [4.69, 9.17) is 21.1 Å². The number of carbonyl (C=O) groups excluding carboxylic acids is 2. The minimum atomic E-state index is -0.238. The fourth-order valence-corrected chi connectivity index (χ4v) is 4.69. The first-order chi connectivity index (χ1) is 19.3. The molecule has 8 heteroatoms. The molecule has 7 nitrogen and oxygen atoms in total. The largest absolute Gasteiger partial charge is 0.497 e. The summed E-state index contributed by atoms with van der Waals surface area (Å²) < 4.78 is 11.0. The van der Waals surface area contributed by atoms with Crippen molar-refractivity contribution in [3.05, 3.63) is 95.1 Å². The van der Waals surface area contributed by atoms with Crippen LogP contribution < -0.4 is 9.47 Å². The predicted octanol–water partition coefficient (Wildman–Crippen LogP) is 5.96. The van der Waals surface area contributed by atoms with Crippen molar-refractivity contribution in [3.8, 4) is 11.5 Å². The van der Waals surface area contributed by atoms with E-state index in [-0.39, 0.29) is 30.9 Å². The summed E-state index contributed by atoms with van der Waals surface area (Å²) in [7, 11) is 1.63. The summed E-state index contributed by atoms with van der Waals surface area (Å²) in [4.78, 5) is 33.7. The van der Waals surface area contributed by atoms with E-state index >= 15 is 0 Å². The molecule has 1 aromatic heterocycles. The van der Waals surface area contributed by atoms with Gasteiger partial charge in [0.1, 0.15) is 11.5 Å². The zero-order chi connectivity index (χ0) is 28.5. The number of nitrogens with one attached hydrogen (secondary N) is 1. The van der Waals surface area contributed by atoms with Crippen LogP contribution in [0.5, 0.6) is 11.5 Å². The number of aromatic amines is 1. The number of fused-ring (bicyclic) bond motifs is 1. The van der Waals surface area contributed by atoms with Crippen LogP contribution in [0.2, 0.25) is 5.02 Å². The van der Waals surface area contributed by atoms with E-state index in [9.17, 15) is 9.59 Å². The van der Waals surface area contributed by atoms with Crippen LogP contribution >= 0.6 is 11.6 Å². The Kier molecular flexibility index (Phi) is 10.1. The van der Waals surface area contributed by atoms with Crippen molar-refractivity contribution < 1.29 is 19.1 Å². The number of nitrogens with zero attached hydrogens (tertiary/aromatic N) is 2. The fraction of sp³-hybridized carbons (Fsp3) is 0.312. The highest BCUT2D eigenvalue weighted by Crippen LogP contribution is 2.20. The number of halogens is 1. The van der Waals surface area contributed by atoms with Crippen molar-refractivity contribution in [2.24, 2.45) is 5.92 Å². The van der Waals surface area contributed by atoms with E-state index in [2.05, 4.69) is 11.1 Å². The number of aromatic nitrogens is 1. The number of H-pyrrole nitrogens is 1. The molecule has 210 valence electrons. The summed E-state index contributed by atoms with van der Waals surface area (Å²) in [5.74, 6) is 1.14. The summed E-state index contributed by atoms with van der Waals surface area (Å²) in [5.41, 5.74) is 3.20. The number of hydrogen-bond donors (Lipinski definition) is 1. The third-order valence-corrected chi connectivity index (χ3v) is 6.90. The molecule has 0 saturated carbocycles. The molecule has 2 amide bonds. The van der Waals surface area contributed by atoms with Gasteiger partial charge in [-0.15, -0.1) is 0 Å². The summed E-state index contributed by atoms with van der Waals surface area (Å²) in [5, 5.41) is 1.74. The average Bonchev–Trinajstić information content (AvgIpc) is 3.37. The number of amides is 2. The molecule has 0 aliphatic heterocycles. The monoisotopic (exact) mass is 561 g/mol. The standard InChI is InChI=1S/C32H36ClN3O4/c1-23(2)19-36(32(38)22-40-28-14-10-26(33)11-15-28)21-31(37)35(20-24-8-12-27(39-3)13-9-24)17-16-25-18-34-30-7-5-4-6-29(25)30/h4-15,18,23,34H,16-17,19-22H2,1-3H3. The van der Waals surface area contributed by atoms with E-state index in [0.717, 1.165) is 27.8 Å². The second-order valence-electron chi connectivity index (χ2n) is 10.2. The zero-order valence-electron chi connectivity index (χ0n) is 23.2. The summed E-state index contributed by atoms with van der Waals surface area (Å²) >= 11 is 5.95. The Morgan fingerprint density at radius 3 is 2.30 bits per heavy atom. The molecule has 0 radical (unpaired) electrons. The Balaban J connectivity index is 1.48. The van der Waals surface area contributed by atoms with Crippen LogP contribution in [-0.2, 0) is 22.6 Å². The predicted molar refractivity (Wildman–Crippen MR) is 159 cm³/mol. The van der Waals surface area contributed by atoms with Crippen molar-refractivity contribution in [1.29, 1.82) is 0 Å². The van der Waals surface area contributed by atoms with Gasteiger partial charge in [0.15, 0.2) is 6.61 Å². The van der Waals surface area contributed by atoms with Crippen LogP contribution in [-0.4, -0.2) is 59.9 Å². The van der Waals surface area contributed by atoms with Gasteiger partial charge in [0, 0.05) is 41.8 Å². The maximum absolute atomic E-state index is 13.7. The van der Waals surface area contributed by atoms with Crippen LogP contribution in [0.25, 0.3) is 10.9 Å². The van der Waals surface area contributed by atoms with Crippen LogP contribution in [0.15, 0.2) is 79.0 Å². The van der Waals surface area contributed by atoms with Crippen LogP contribution in [0.1, 0.15) is 25.0 Å². The molecule has 0 aliphatic rings. The lowest BCUT2D eigenvalue weighted by atomic mass is 10.1. The van der Waals surface area contributed by atoms with Crippen molar-refractivity contribution >= 4 is 34.3 Å². The second kappa shape index (κ2) is 13.9. The Bertz CT molecular complexity index is 1400. The van der Waals surface area contributed by atoms with Crippen molar-refractivity contribution in [2.45, 2.75) is 26.8 Å². The molecule has 4 aromatic rings. The number of benzene rings is 3. The van der Waals surface area contributed by atoms with E-state index in [0.29, 0.717) is 36.8 Å². The molecule has 1 N–H and O–H groups in total. The number of hydrogen-bond acceptors (Lipinski definition) is 4. The van der Waals surface area contributed by atoms with Gasteiger partial charge in [-0.25, -0.2) is 0 Å². The number of para-hydroxylation sites is 1. The first-order valence-electron chi connectivity index (χ1n) is 13.4. The highest BCUT2D eigenvalue weighted by molar-refractivity contribution is 6.30. The van der Waals surface area contributed by atoms with Gasteiger partial charge in [-0.3, -0.25) is 9.59 Å². The normalized spacial score (nSPS) is 11.0. The van der Waals surface area contributed by atoms with E-state index in [1.54, 1.807) is 36.3 Å². The van der Waals surface area contributed by atoms with E-state index in [1.165, 1.54) is 0 Å².